The monoisotopic (exact) mass is 303 g/mol. The smallest absolute Gasteiger partial charge is 0.248 e. The number of rotatable bonds is 4. The van der Waals surface area contributed by atoms with E-state index in [-0.39, 0.29) is 17.4 Å². The maximum Gasteiger partial charge on any atom is 0.248 e. The van der Waals surface area contributed by atoms with Crippen LogP contribution in [0.1, 0.15) is 11.1 Å². The molecule has 0 saturated carbocycles. The molecule has 5 heteroatoms. The molecule has 21 heavy (non-hydrogen) atoms. The highest BCUT2D eigenvalue weighted by Gasteiger charge is 2.01. The molecule has 1 amide bonds. The summed E-state index contributed by atoms with van der Waals surface area (Å²) in [5.74, 6) is -0.345. The van der Waals surface area contributed by atoms with Gasteiger partial charge in [-0.2, -0.15) is 0 Å². The molecule has 0 atom stereocenters. The van der Waals surface area contributed by atoms with Crippen molar-refractivity contribution in [3.8, 4) is 11.5 Å². The Balaban J connectivity index is 2.03. The molecule has 0 saturated heterocycles. The normalized spacial score (nSPS) is 10.7. The molecular weight excluding hydrogens is 290 g/mol. The Hall–Kier alpha value is -2.46. The van der Waals surface area contributed by atoms with Gasteiger partial charge in [-0.25, -0.2) is 0 Å². The molecule has 0 heterocycles. The third-order valence-electron chi connectivity index (χ3n) is 2.78. The zero-order valence-corrected chi connectivity index (χ0v) is 11.8. The molecule has 0 spiro atoms. The molecule has 0 aromatic heterocycles. The minimum absolute atomic E-state index is 0.200. The Morgan fingerprint density at radius 1 is 1.14 bits per heavy atom. The molecule has 0 aliphatic heterocycles. The van der Waals surface area contributed by atoms with Crippen LogP contribution in [-0.2, 0) is 10.7 Å². The first-order valence-corrected chi connectivity index (χ1v) is 6.78. The number of halogens is 1. The van der Waals surface area contributed by atoms with Gasteiger partial charge in [0.1, 0.15) is 0 Å². The number of hydrogen-bond donors (Lipinski definition) is 3. The van der Waals surface area contributed by atoms with Gasteiger partial charge in [-0.05, 0) is 41.5 Å². The molecule has 2 aromatic carbocycles. The summed E-state index contributed by atoms with van der Waals surface area (Å²) in [6, 6.07) is 11.6. The summed E-state index contributed by atoms with van der Waals surface area (Å²) in [6.07, 6.45) is 2.89. The lowest BCUT2D eigenvalue weighted by atomic mass is 10.2. The van der Waals surface area contributed by atoms with Gasteiger partial charge in [0.25, 0.3) is 0 Å². The number of hydrogen-bond acceptors (Lipinski definition) is 3. The van der Waals surface area contributed by atoms with Crippen molar-refractivity contribution in [3.63, 3.8) is 0 Å². The maximum absolute atomic E-state index is 11.8. The first-order valence-electron chi connectivity index (χ1n) is 6.24. The van der Waals surface area contributed by atoms with Crippen molar-refractivity contribution in [2.24, 2.45) is 0 Å². The van der Waals surface area contributed by atoms with E-state index in [1.165, 1.54) is 18.2 Å². The van der Waals surface area contributed by atoms with Gasteiger partial charge in [0.2, 0.25) is 5.91 Å². The highest BCUT2D eigenvalue weighted by Crippen LogP contribution is 2.25. The molecule has 2 aromatic rings. The average Bonchev–Trinajstić information content (AvgIpc) is 2.48. The number of alkyl halides is 1. The number of phenols is 2. The Labute approximate surface area is 127 Å². The van der Waals surface area contributed by atoms with E-state index in [1.807, 2.05) is 12.1 Å². The van der Waals surface area contributed by atoms with E-state index in [2.05, 4.69) is 5.32 Å². The highest BCUT2D eigenvalue weighted by molar-refractivity contribution is 6.17. The zero-order chi connectivity index (χ0) is 15.2. The lowest BCUT2D eigenvalue weighted by Crippen LogP contribution is -2.07. The molecule has 0 aliphatic rings. The van der Waals surface area contributed by atoms with Gasteiger partial charge in [-0.3, -0.25) is 4.79 Å². The summed E-state index contributed by atoms with van der Waals surface area (Å²) in [5, 5.41) is 21.3. The van der Waals surface area contributed by atoms with Crippen LogP contribution in [0, 0.1) is 0 Å². The van der Waals surface area contributed by atoms with Crippen LogP contribution in [0.4, 0.5) is 5.69 Å². The van der Waals surface area contributed by atoms with E-state index < -0.39 is 0 Å². The third-order valence-corrected chi connectivity index (χ3v) is 3.08. The van der Waals surface area contributed by atoms with Gasteiger partial charge in [-0.15, -0.1) is 11.6 Å². The Morgan fingerprint density at radius 3 is 2.67 bits per heavy atom. The topological polar surface area (TPSA) is 69.6 Å². The molecule has 0 bridgehead atoms. The average molecular weight is 304 g/mol. The van der Waals surface area contributed by atoms with Crippen molar-refractivity contribution in [1.82, 2.24) is 0 Å². The lowest BCUT2D eigenvalue weighted by molar-refractivity contribution is -0.111. The Bertz CT molecular complexity index is 683. The largest absolute Gasteiger partial charge is 0.504 e. The summed E-state index contributed by atoms with van der Waals surface area (Å²) < 4.78 is 0. The number of nitrogens with one attached hydrogen (secondary N) is 1. The quantitative estimate of drug-likeness (QED) is 0.460. The van der Waals surface area contributed by atoms with Crippen molar-refractivity contribution < 1.29 is 15.0 Å². The molecule has 2 rings (SSSR count). The van der Waals surface area contributed by atoms with Gasteiger partial charge in [0.05, 0.1) is 0 Å². The Morgan fingerprint density at radius 2 is 1.95 bits per heavy atom. The standard InChI is InChI=1S/C16H14ClNO3/c17-10-12-2-1-3-13(8-12)18-16(21)7-5-11-4-6-14(19)15(20)9-11/h1-9,19-20H,10H2,(H,18,21). The van der Waals surface area contributed by atoms with Crippen LogP contribution in [0.3, 0.4) is 0 Å². The molecule has 108 valence electrons. The zero-order valence-electron chi connectivity index (χ0n) is 11.1. The fourth-order valence-electron chi connectivity index (χ4n) is 1.73. The highest BCUT2D eigenvalue weighted by atomic mass is 35.5. The number of phenolic OH excluding ortho intramolecular Hbond substituents is 2. The van der Waals surface area contributed by atoms with E-state index in [4.69, 9.17) is 11.6 Å². The van der Waals surface area contributed by atoms with Crippen LogP contribution in [0.2, 0.25) is 0 Å². The molecule has 0 fully saturated rings. The SMILES string of the molecule is O=C(C=Cc1ccc(O)c(O)c1)Nc1cccc(CCl)c1. The minimum Gasteiger partial charge on any atom is -0.504 e. The van der Waals surface area contributed by atoms with Crippen LogP contribution in [0.5, 0.6) is 11.5 Å². The van der Waals surface area contributed by atoms with Gasteiger partial charge in [-0.1, -0.05) is 18.2 Å². The van der Waals surface area contributed by atoms with Crippen LogP contribution < -0.4 is 5.32 Å². The van der Waals surface area contributed by atoms with Gasteiger partial charge in [0.15, 0.2) is 11.5 Å². The number of aromatic hydroxyl groups is 2. The fraction of sp³-hybridized carbons (Fsp3) is 0.0625. The van der Waals surface area contributed by atoms with Crippen molar-refractivity contribution in [3.05, 3.63) is 59.7 Å². The number of carbonyl (C=O) groups excluding carboxylic acids is 1. The van der Waals surface area contributed by atoms with Crippen LogP contribution in [0.15, 0.2) is 48.5 Å². The number of benzene rings is 2. The molecule has 4 nitrogen and oxygen atoms in total. The molecule has 3 N–H and O–H groups in total. The van der Waals surface area contributed by atoms with Crippen molar-refractivity contribution in [2.45, 2.75) is 5.88 Å². The second-order valence-electron chi connectivity index (χ2n) is 4.40. The van der Waals surface area contributed by atoms with Gasteiger partial charge < -0.3 is 15.5 Å². The summed E-state index contributed by atoms with van der Waals surface area (Å²) in [7, 11) is 0. The first kappa shape index (κ1) is 14.9. The number of carbonyl (C=O) groups is 1. The van der Waals surface area contributed by atoms with E-state index in [0.29, 0.717) is 17.1 Å². The summed E-state index contributed by atoms with van der Waals surface area (Å²) in [6.45, 7) is 0. The van der Waals surface area contributed by atoms with Crippen molar-refractivity contribution in [1.29, 1.82) is 0 Å². The molecule has 0 aliphatic carbocycles. The number of anilines is 1. The van der Waals surface area contributed by atoms with Crippen LogP contribution in [0.25, 0.3) is 6.08 Å². The molecular formula is C16H14ClNO3. The minimum atomic E-state index is -0.297. The third kappa shape index (κ3) is 4.26. The second-order valence-corrected chi connectivity index (χ2v) is 4.67. The summed E-state index contributed by atoms with van der Waals surface area (Å²) in [4.78, 5) is 11.8. The van der Waals surface area contributed by atoms with E-state index in [1.54, 1.807) is 24.3 Å². The summed E-state index contributed by atoms with van der Waals surface area (Å²) >= 11 is 5.73. The predicted octanol–water partition coefficient (Wildman–Crippen LogP) is 3.49. The van der Waals surface area contributed by atoms with E-state index >= 15 is 0 Å². The summed E-state index contributed by atoms with van der Waals surface area (Å²) in [5.41, 5.74) is 2.19. The molecule has 0 unspecified atom stereocenters. The van der Waals surface area contributed by atoms with Crippen LogP contribution in [-0.4, -0.2) is 16.1 Å². The van der Waals surface area contributed by atoms with E-state index in [9.17, 15) is 15.0 Å². The van der Waals surface area contributed by atoms with E-state index in [0.717, 1.165) is 5.56 Å². The van der Waals surface area contributed by atoms with Gasteiger partial charge >= 0.3 is 0 Å². The predicted molar refractivity (Wildman–Crippen MR) is 83.4 cm³/mol. The maximum atomic E-state index is 11.8. The van der Waals surface area contributed by atoms with Gasteiger partial charge in [0, 0.05) is 17.6 Å². The number of amides is 1. The first-order chi connectivity index (χ1) is 10.1. The Kier molecular flexibility index (Phi) is 4.85. The second kappa shape index (κ2) is 6.81. The van der Waals surface area contributed by atoms with Crippen molar-refractivity contribution >= 4 is 29.3 Å². The van der Waals surface area contributed by atoms with Crippen LogP contribution >= 0.6 is 11.6 Å². The fourth-order valence-corrected chi connectivity index (χ4v) is 1.90. The lowest BCUT2D eigenvalue weighted by Gasteiger charge is -2.03. The molecule has 0 radical (unpaired) electrons. The van der Waals surface area contributed by atoms with Crippen molar-refractivity contribution in [2.75, 3.05) is 5.32 Å².